The lowest BCUT2D eigenvalue weighted by atomic mass is 10.0. The Hall–Kier alpha value is -1.11. The monoisotopic (exact) mass is 255 g/mol. The lowest BCUT2D eigenvalue weighted by Gasteiger charge is -2.21. The number of halogens is 3. The second-order valence-electron chi connectivity index (χ2n) is 3.18. The molecule has 0 aliphatic carbocycles. The van der Waals surface area contributed by atoms with Crippen molar-refractivity contribution in [2.24, 2.45) is 5.73 Å². The molecule has 0 saturated carbocycles. The van der Waals surface area contributed by atoms with Crippen molar-refractivity contribution in [3.8, 4) is 11.5 Å². The van der Waals surface area contributed by atoms with Crippen LogP contribution in [0.5, 0.6) is 11.5 Å². The number of benzene rings is 1. The average Bonchev–Trinajstić information content (AvgIpc) is 2.15. The summed E-state index contributed by atoms with van der Waals surface area (Å²) in [5, 5.41) is 26.5. The molecule has 0 unspecified atom stereocenters. The molecule has 0 bridgehead atoms. The van der Waals surface area contributed by atoms with Gasteiger partial charge in [-0.25, -0.2) is 8.78 Å². The Bertz CT molecular complexity index is 342. The molecule has 0 saturated heterocycles. The fourth-order valence-electron chi connectivity index (χ4n) is 1.14. The fourth-order valence-corrected chi connectivity index (χ4v) is 1.14. The summed E-state index contributed by atoms with van der Waals surface area (Å²) >= 11 is 0. The van der Waals surface area contributed by atoms with Crippen LogP contribution in [0.1, 0.15) is 11.6 Å². The molecule has 0 aliphatic rings. The quantitative estimate of drug-likeness (QED) is 0.653. The second-order valence-corrected chi connectivity index (χ2v) is 3.18. The molecule has 0 heterocycles. The normalized spacial score (nSPS) is 13.0. The van der Waals surface area contributed by atoms with E-state index in [-0.39, 0.29) is 29.5 Å². The van der Waals surface area contributed by atoms with Crippen LogP contribution in [0.2, 0.25) is 0 Å². The van der Waals surface area contributed by atoms with Gasteiger partial charge in [-0.2, -0.15) is 0 Å². The minimum Gasteiger partial charge on any atom is -0.508 e. The van der Waals surface area contributed by atoms with E-state index < -0.39 is 18.6 Å². The Kier molecular flexibility index (Phi) is 4.92. The van der Waals surface area contributed by atoms with E-state index in [4.69, 9.17) is 21.1 Å². The van der Waals surface area contributed by atoms with Crippen LogP contribution < -0.4 is 5.73 Å². The molecule has 0 fully saturated rings. The Labute approximate surface area is 96.7 Å². The first kappa shape index (κ1) is 14.9. The molecule has 5 N–H and O–H groups in total. The van der Waals surface area contributed by atoms with E-state index in [1.165, 1.54) is 0 Å². The molecule has 1 atom stereocenters. The van der Waals surface area contributed by atoms with Gasteiger partial charge in [0.15, 0.2) is 0 Å². The van der Waals surface area contributed by atoms with Crippen LogP contribution in [-0.4, -0.2) is 27.8 Å². The van der Waals surface area contributed by atoms with Gasteiger partial charge in [-0.05, 0) is 17.7 Å². The van der Waals surface area contributed by atoms with Crippen molar-refractivity contribution in [1.82, 2.24) is 0 Å². The topological polar surface area (TPSA) is 86.7 Å². The highest BCUT2D eigenvalue weighted by Gasteiger charge is 2.37. The molecule has 92 valence electrons. The third kappa shape index (κ3) is 3.19. The number of aromatic hydroxyl groups is 2. The van der Waals surface area contributed by atoms with Crippen molar-refractivity contribution in [3.63, 3.8) is 0 Å². The minimum absolute atomic E-state index is 0. The highest BCUT2D eigenvalue weighted by atomic mass is 35.5. The number of aliphatic hydroxyl groups is 1. The Morgan fingerprint density at radius 1 is 1.19 bits per heavy atom. The predicted molar refractivity (Wildman–Crippen MR) is 56.0 cm³/mol. The van der Waals surface area contributed by atoms with Gasteiger partial charge < -0.3 is 21.1 Å². The summed E-state index contributed by atoms with van der Waals surface area (Å²) in [5.74, 6) is -4.23. The molecule has 1 aromatic carbocycles. The van der Waals surface area contributed by atoms with Crippen LogP contribution in [0, 0.1) is 0 Å². The molecule has 4 nitrogen and oxygen atoms in total. The van der Waals surface area contributed by atoms with Gasteiger partial charge in [-0.1, -0.05) is 0 Å². The molecule has 0 aromatic heterocycles. The number of hydrogen-bond acceptors (Lipinski definition) is 4. The van der Waals surface area contributed by atoms with Crippen molar-refractivity contribution >= 4 is 12.4 Å². The highest BCUT2D eigenvalue weighted by Crippen LogP contribution is 2.32. The number of aliphatic hydroxyl groups excluding tert-OH is 1. The number of nitrogens with two attached hydrogens (primary N) is 1. The fraction of sp³-hybridized carbons (Fsp3) is 0.333. The van der Waals surface area contributed by atoms with Gasteiger partial charge in [0.1, 0.15) is 18.1 Å². The van der Waals surface area contributed by atoms with Gasteiger partial charge in [0.05, 0.1) is 6.04 Å². The van der Waals surface area contributed by atoms with E-state index in [9.17, 15) is 8.78 Å². The number of alkyl halides is 2. The van der Waals surface area contributed by atoms with Crippen LogP contribution in [0.4, 0.5) is 8.78 Å². The van der Waals surface area contributed by atoms with E-state index in [2.05, 4.69) is 0 Å². The Morgan fingerprint density at radius 2 is 1.62 bits per heavy atom. The summed E-state index contributed by atoms with van der Waals surface area (Å²) in [6.45, 7) is -1.40. The van der Waals surface area contributed by atoms with Crippen molar-refractivity contribution in [2.45, 2.75) is 12.0 Å². The molecule has 0 aliphatic heterocycles. The summed E-state index contributed by atoms with van der Waals surface area (Å²) in [6.07, 6.45) is 0. The minimum atomic E-state index is -3.50. The zero-order valence-corrected chi connectivity index (χ0v) is 8.92. The van der Waals surface area contributed by atoms with Gasteiger partial charge >= 0.3 is 0 Å². The van der Waals surface area contributed by atoms with E-state index in [0.29, 0.717) is 0 Å². The Morgan fingerprint density at radius 3 is 2.00 bits per heavy atom. The maximum absolute atomic E-state index is 13.0. The van der Waals surface area contributed by atoms with Crippen LogP contribution in [0.15, 0.2) is 18.2 Å². The van der Waals surface area contributed by atoms with Crippen LogP contribution >= 0.6 is 12.4 Å². The first-order valence-corrected chi connectivity index (χ1v) is 4.14. The SMILES string of the molecule is Cl.N[C@@H](c1cc(O)cc(O)c1)C(F)(F)CO. The van der Waals surface area contributed by atoms with Gasteiger partial charge in [0.2, 0.25) is 0 Å². The summed E-state index contributed by atoms with van der Waals surface area (Å²) < 4.78 is 25.9. The van der Waals surface area contributed by atoms with Crippen molar-refractivity contribution < 1.29 is 24.1 Å². The predicted octanol–water partition coefficient (Wildman–Crippen LogP) is 1.15. The van der Waals surface area contributed by atoms with Gasteiger partial charge in [0, 0.05) is 6.07 Å². The van der Waals surface area contributed by atoms with E-state index in [1.807, 2.05) is 0 Å². The molecular formula is C9H12ClF2NO3. The van der Waals surface area contributed by atoms with Crippen LogP contribution in [-0.2, 0) is 0 Å². The second kappa shape index (κ2) is 5.29. The van der Waals surface area contributed by atoms with Gasteiger partial charge in [-0.3, -0.25) is 0 Å². The first-order valence-electron chi connectivity index (χ1n) is 4.14. The highest BCUT2D eigenvalue weighted by molar-refractivity contribution is 5.85. The molecule has 7 heteroatoms. The molecule has 0 radical (unpaired) electrons. The Balaban J connectivity index is 0.00000225. The van der Waals surface area contributed by atoms with Crippen molar-refractivity contribution in [3.05, 3.63) is 23.8 Å². The standard InChI is InChI=1S/C9H11F2NO3.ClH/c10-9(11,4-13)8(12)5-1-6(14)3-7(15)2-5;/h1-3,8,13-15H,4,12H2;1H/t8-;/m0./s1. The lowest BCUT2D eigenvalue weighted by Crippen LogP contribution is -2.36. The summed E-state index contributed by atoms with van der Waals surface area (Å²) in [4.78, 5) is 0. The maximum atomic E-state index is 13.0. The third-order valence-corrected chi connectivity index (χ3v) is 1.95. The van der Waals surface area contributed by atoms with E-state index >= 15 is 0 Å². The van der Waals surface area contributed by atoms with Crippen LogP contribution in [0.3, 0.4) is 0 Å². The van der Waals surface area contributed by atoms with Crippen molar-refractivity contribution in [1.29, 1.82) is 0 Å². The number of rotatable bonds is 3. The van der Waals surface area contributed by atoms with Crippen molar-refractivity contribution in [2.75, 3.05) is 6.61 Å². The molecule has 1 aromatic rings. The summed E-state index contributed by atoms with van der Waals surface area (Å²) in [6, 6.07) is 1.23. The smallest absolute Gasteiger partial charge is 0.289 e. The first-order chi connectivity index (χ1) is 6.86. The van der Waals surface area contributed by atoms with E-state index in [1.54, 1.807) is 0 Å². The molecule has 16 heavy (non-hydrogen) atoms. The maximum Gasteiger partial charge on any atom is 0.289 e. The number of hydrogen-bond donors (Lipinski definition) is 4. The van der Waals surface area contributed by atoms with Crippen LogP contribution in [0.25, 0.3) is 0 Å². The largest absolute Gasteiger partial charge is 0.508 e. The zero-order chi connectivity index (χ0) is 11.6. The summed E-state index contributed by atoms with van der Waals surface area (Å²) in [7, 11) is 0. The zero-order valence-electron chi connectivity index (χ0n) is 8.10. The summed E-state index contributed by atoms with van der Waals surface area (Å²) in [5.41, 5.74) is 5.04. The molecule has 0 spiro atoms. The average molecular weight is 256 g/mol. The van der Waals surface area contributed by atoms with Gasteiger partial charge in [-0.15, -0.1) is 12.4 Å². The lowest BCUT2D eigenvalue weighted by molar-refractivity contribution is -0.0712. The van der Waals surface area contributed by atoms with Gasteiger partial charge in [0.25, 0.3) is 5.92 Å². The molecule has 1 rings (SSSR count). The number of phenolic OH excluding ortho intramolecular Hbond substituents is 2. The molecule has 0 amide bonds. The number of phenols is 2. The molecular weight excluding hydrogens is 244 g/mol. The van der Waals surface area contributed by atoms with E-state index in [0.717, 1.165) is 18.2 Å². The third-order valence-electron chi connectivity index (χ3n) is 1.95.